The molecule has 5 heteroatoms. The van der Waals surface area contributed by atoms with Crippen LogP contribution in [0.2, 0.25) is 0 Å². The van der Waals surface area contributed by atoms with Gasteiger partial charge in [0, 0.05) is 12.1 Å². The van der Waals surface area contributed by atoms with Crippen LogP contribution in [0.25, 0.3) is 0 Å². The molecule has 0 radical (unpaired) electrons. The second-order valence-electron chi connectivity index (χ2n) is 2.19. The molecule has 0 atom stereocenters. The lowest BCUT2D eigenvalue weighted by molar-refractivity contribution is -0.144. The van der Waals surface area contributed by atoms with Crippen LogP contribution < -0.4 is 4.84 Å². The van der Waals surface area contributed by atoms with Gasteiger partial charge in [0.1, 0.15) is 6.42 Å². The lowest BCUT2D eigenvalue weighted by Crippen LogP contribution is -2.17. The minimum absolute atomic E-state index is 0.225. The van der Waals surface area contributed by atoms with E-state index in [0.29, 0.717) is 4.73 Å². The van der Waals surface area contributed by atoms with E-state index in [4.69, 9.17) is 16.6 Å². The van der Waals surface area contributed by atoms with Crippen LogP contribution in [0, 0.1) is 12.3 Å². The maximum atomic E-state index is 10.8. The fourth-order valence-corrected chi connectivity index (χ4v) is 0.713. The van der Waals surface area contributed by atoms with Gasteiger partial charge in [0.15, 0.2) is 0 Å². The van der Waals surface area contributed by atoms with Crippen LogP contribution in [0.3, 0.4) is 0 Å². The maximum Gasteiger partial charge on any atom is 0.345 e. The third kappa shape index (κ3) is 1.93. The molecule has 1 aromatic rings. The van der Waals surface area contributed by atoms with E-state index >= 15 is 0 Å². The van der Waals surface area contributed by atoms with Crippen molar-refractivity contribution in [2.24, 2.45) is 0 Å². The Kier molecular flexibility index (Phi) is 2.45. The summed E-state index contributed by atoms with van der Waals surface area (Å²) in [5, 5.41) is 18.0. The second kappa shape index (κ2) is 3.54. The molecule has 2 N–H and O–H groups in total. The van der Waals surface area contributed by atoms with Gasteiger partial charge in [-0.1, -0.05) is 5.92 Å². The molecule has 0 unspecified atom stereocenters. The summed E-state index contributed by atoms with van der Waals surface area (Å²) in [5.74, 6) is 0.591. The number of terminal acetylenes is 1. The third-order valence-corrected chi connectivity index (χ3v) is 1.24. The molecule has 0 bridgehead atoms. The van der Waals surface area contributed by atoms with Crippen LogP contribution in [0.15, 0.2) is 12.1 Å². The number of aromatic hydroxyl groups is 2. The van der Waals surface area contributed by atoms with Crippen molar-refractivity contribution in [1.82, 2.24) is 4.73 Å². The van der Waals surface area contributed by atoms with E-state index in [9.17, 15) is 4.79 Å². The monoisotopic (exact) mass is 181 g/mol. The fourth-order valence-electron chi connectivity index (χ4n) is 0.713. The number of aromatic nitrogens is 1. The second-order valence-corrected chi connectivity index (χ2v) is 2.19. The largest absolute Gasteiger partial charge is 0.492 e. The molecule has 0 aliphatic rings. The highest BCUT2D eigenvalue weighted by Crippen LogP contribution is 2.18. The molecular formula is C8H7NO4. The highest BCUT2D eigenvalue weighted by Gasteiger charge is 2.10. The van der Waals surface area contributed by atoms with Crippen molar-refractivity contribution in [3.8, 4) is 24.1 Å². The van der Waals surface area contributed by atoms with Gasteiger partial charge in [0.2, 0.25) is 11.8 Å². The van der Waals surface area contributed by atoms with E-state index in [1.807, 2.05) is 0 Å². The number of nitrogens with zero attached hydrogens (tertiary/aromatic N) is 1. The normalized spacial score (nSPS) is 9.15. The first kappa shape index (κ1) is 9.00. The van der Waals surface area contributed by atoms with Gasteiger partial charge < -0.3 is 15.1 Å². The molecule has 13 heavy (non-hydrogen) atoms. The Hall–Kier alpha value is -2.09. The summed E-state index contributed by atoms with van der Waals surface area (Å²) in [4.78, 5) is 15.3. The molecule has 0 spiro atoms. The van der Waals surface area contributed by atoms with Gasteiger partial charge in [-0.3, -0.25) is 0 Å². The van der Waals surface area contributed by atoms with Crippen molar-refractivity contribution in [2.75, 3.05) is 0 Å². The van der Waals surface area contributed by atoms with Crippen molar-refractivity contribution >= 4 is 5.97 Å². The van der Waals surface area contributed by atoms with Gasteiger partial charge in [0.25, 0.3) is 0 Å². The summed E-state index contributed by atoms with van der Waals surface area (Å²) in [7, 11) is 0. The van der Waals surface area contributed by atoms with Gasteiger partial charge in [-0.15, -0.1) is 11.2 Å². The van der Waals surface area contributed by atoms with E-state index in [-0.39, 0.29) is 18.2 Å². The molecule has 1 heterocycles. The molecule has 0 aliphatic carbocycles. The van der Waals surface area contributed by atoms with Crippen LogP contribution >= 0.6 is 0 Å². The SMILES string of the molecule is C#CCC(=O)On1c(O)ccc1O. The van der Waals surface area contributed by atoms with Crippen LogP contribution in [0.4, 0.5) is 0 Å². The molecule has 0 aromatic carbocycles. The standard InChI is InChI=1S/C8H7NO4/c1-2-3-8(12)13-9-6(10)4-5-7(9)11/h1,4-5,10-11H,3H2. The Morgan fingerprint density at radius 1 is 1.54 bits per heavy atom. The van der Waals surface area contributed by atoms with Crippen molar-refractivity contribution in [2.45, 2.75) is 6.42 Å². The predicted octanol–water partition coefficient (Wildman–Crippen LogP) is -0.122. The fraction of sp³-hybridized carbons (Fsp3) is 0.125. The van der Waals surface area contributed by atoms with Crippen molar-refractivity contribution in [3.63, 3.8) is 0 Å². The molecule has 5 nitrogen and oxygen atoms in total. The summed E-state index contributed by atoms with van der Waals surface area (Å²) in [6, 6.07) is 2.36. The zero-order chi connectivity index (χ0) is 9.84. The number of carbonyl (C=O) groups excluding carboxylic acids is 1. The smallest absolute Gasteiger partial charge is 0.345 e. The van der Waals surface area contributed by atoms with Crippen LogP contribution in [0.1, 0.15) is 6.42 Å². The molecular weight excluding hydrogens is 174 g/mol. The lowest BCUT2D eigenvalue weighted by atomic mass is 10.5. The van der Waals surface area contributed by atoms with E-state index in [2.05, 4.69) is 10.8 Å². The van der Waals surface area contributed by atoms with Crippen molar-refractivity contribution < 1.29 is 19.8 Å². The lowest BCUT2D eigenvalue weighted by Gasteiger charge is -2.04. The van der Waals surface area contributed by atoms with E-state index in [0.717, 1.165) is 0 Å². The first-order chi connectivity index (χ1) is 6.15. The molecule has 0 amide bonds. The minimum Gasteiger partial charge on any atom is -0.492 e. The van der Waals surface area contributed by atoms with Crippen molar-refractivity contribution in [1.29, 1.82) is 0 Å². The van der Waals surface area contributed by atoms with Crippen molar-refractivity contribution in [3.05, 3.63) is 12.1 Å². The first-order valence-corrected chi connectivity index (χ1v) is 3.39. The summed E-state index contributed by atoms with van der Waals surface area (Å²) >= 11 is 0. The number of rotatable bonds is 2. The molecule has 0 aliphatic heterocycles. The minimum atomic E-state index is -0.732. The predicted molar refractivity (Wildman–Crippen MR) is 42.8 cm³/mol. The Morgan fingerprint density at radius 3 is 2.54 bits per heavy atom. The Labute approximate surface area is 74.1 Å². The van der Waals surface area contributed by atoms with Crippen LogP contribution in [-0.2, 0) is 4.79 Å². The van der Waals surface area contributed by atoms with Gasteiger partial charge in [-0.25, -0.2) is 4.79 Å². The number of carbonyl (C=O) groups is 1. The highest BCUT2D eigenvalue weighted by atomic mass is 16.7. The molecule has 0 saturated heterocycles. The van der Waals surface area contributed by atoms with Gasteiger partial charge in [-0.2, -0.15) is 0 Å². The molecule has 68 valence electrons. The average molecular weight is 181 g/mol. The maximum absolute atomic E-state index is 10.8. The summed E-state index contributed by atoms with van der Waals surface area (Å²) in [6.07, 6.45) is 4.62. The van der Waals surface area contributed by atoms with Gasteiger partial charge >= 0.3 is 5.97 Å². The number of hydrogen-bond donors (Lipinski definition) is 2. The van der Waals surface area contributed by atoms with Crippen LogP contribution in [0.5, 0.6) is 11.8 Å². The number of hydrogen-bond acceptors (Lipinski definition) is 4. The van der Waals surface area contributed by atoms with Gasteiger partial charge in [-0.05, 0) is 0 Å². The highest BCUT2D eigenvalue weighted by molar-refractivity contribution is 5.72. The van der Waals surface area contributed by atoms with E-state index < -0.39 is 5.97 Å². The third-order valence-electron chi connectivity index (χ3n) is 1.24. The average Bonchev–Trinajstić information content (AvgIpc) is 2.36. The summed E-state index contributed by atoms with van der Waals surface area (Å²) in [5.41, 5.74) is 0. The Bertz CT molecular complexity index is 341. The first-order valence-electron chi connectivity index (χ1n) is 3.39. The topological polar surface area (TPSA) is 71.7 Å². The van der Waals surface area contributed by atoms with Crippen LogP contribution in [-0.4, -0.2) is 20.9 Å². The molecule has 1 rings (SSSR count). The Balaban J connectivity index is 2.75. The zero-order valence-corrected chi connectivity index (χ0v) is 6.60. The molecule has 0 saturated carbocycles. The zero-order valence-electron chi connectivity index (χ0n) is 6.60. The van der Waals surface area contributed by atoms with E-state index in [1.165, 1.54) is 12.1 Å². The molecule has 1 aromatic heterocycles. The summed E-state index contributed by atoms with van der Waals surface area (Å²) < 4.78 is 0.583. The molecule has 0 fully saturated rings. The van der Waals surface area contributed by atoms with Gasteiger partial charge in [0.05, 0.1) is 0 Å². The van der Waals surface area contributed by atoms with E-state index in [1.54, 1.807) is 0 Å². The quantitative estimate of drug-likeness (QED) is 0.624. The Morgan fingerprint density at radius 2 is 2.08 bits per heavy atom. The summed E-state index contributed by atoms with van der Waals surface area (Å²) in [6.45, 7) is 0.